The molecule has 0 fully saturated rings. The molecule has 182 valence electrons. The lowest BCUT2D eigenvalue weighted by Crippen LogP contribution is -2.47. The minimum Gasteiger partial charge on any atom is -0.480 e. The zero-order chi connectivity index (χ0) is 23.8. The summed E-state index contributed by atoms with van der Waals surface area (Å²) < 4.78 is 0. The van der Waals surface area contributed by atoms with E-state index in [0.717, 1.165) is 25.7 Å². The molecule has 9 nitrogen and oxygen atoms in total. The third-order valence-corrected chi connectivity index (χ3v) is 5.59. The van der Waals surface area contributed by atoms with Crippen LogP contribution in [0.25, 0.3) is 0 Å². The van der Waals surface area contributed by atoms with Gasteiger partial charge in [0.2, 0.25) is 0 Å². The van der Waals surface area contributed by atoms with Gasteiger partial charge in [-0.25, -0.2) is 0 Å². The van der Waals surface area contributed by atoms with E-state index in [9.17, 15) is 29.7 Å². The average molecular weight is 446 g/mol. The highest BCUT2D eigenvalue weighted by molar-refractivity contribution is 5.73. The van der Waals surface area contributed by atoms with Gasteiger partial charge in [-0.05, 0) is 38.3 Å². The first-order valence-corrected chi connectivity index (χ1v) is 11.5. The van der Waals surface area contributed by atoms with E-state index in [1.54, 1.807) is 4.90 Å². The summed E-state index contributed by atoms with van der Waals surface area (Å²) in [7, 11) is 0. The fraction of sp³-hybridized carbons (Fsp3) is 0.864. The maximum atomic E-state index is 11.7. The van der Waals surface area contributed by atoms with Gasteiger partial charge >= 0.3 is 17.9 Å². The second-order valence-corrected chi connectivity index (χ2v) is 8.32. The zero-order valence-electron chi connectivity index (χ0n) is 19.8. The molecule has 0 amide bonds. The van der Waals surface area contributed by atoms with E-state index in [2.05, 4.69) is 13.8 Å². The number of hydrogen-bond acceptors (Lipinski definition) is 6. The molecular formula is C22H43N3O6. The van der Waals surface area contributed by atoms with Gasteiger partial charge < -0.3 is 15.3 Å². The molecule has 0 spiro atoms. The summed E-state index contributed by atoms with van der Waals surface area (Å²) in [4.78, 5) is 39.8. The highest BCUT2D eigenvalue weighted by Gasteiger charge is 2.25. The van der Waals surface area contributed by atoms with Crippen LogP contribution in [-0.2, 0) is 14.4 Å². The number of hydrogen-bond donors (Lipinski definition) is 3. The van der Waals surface area contributed by atoms with E-state index in [0.29, 0.717) is 51.6 Å². The largest absolute Gasteiger partial charge is 0.480 e. The van der Waals surface area contributed by atoms with Crippen molar-refractivity contribution in [2.45, 2.75) is 65.8 Å². The Morgan fingerprint density at radius 1 is 0.710 bits per heavy atom. The fourth-order valence-corrected chi connectivity index (χ4v) is 3.53. The molecule has 9 heteroatoms. The highest BCUT2D eigenvalue weighted by Crippen LogP contribution is 2.10. The van der Waals surface area contributed by atoms with Gasteiger partial charge in [-0.15, -0.1) is 0 Å². The van der Waals surface area contributed by atoms with E-state index in [-0.39, 0.29) is 13.1 Å². The van der Waals surface area contributed by atoms with Crippen LogP contribution in [0.2, 0.25) is 0 Å². The standard InChI is InChI=1S/C22H43N3O6/c1-5-8-19(22(30)31)25(10-6-2)15-14-24(17-21(28)29)13-12-23(16-20(26)27)11-9-18(4)7-3/h18-19H,5-17H2,1-4H3,(H,26,27)(H,28,29)(H,30,31). The summed E-state index contributed by atoms with van der Waals surface area (Å²) in [5.74, 6) is -2.19. The van der Waals surface area contributed by atoms with Crippen molar-refractivity contribution in [3.8, 4) is 0 Å². The lowest BCUT2D eigenvalue weighted by Gasteiger charge is -2.32. The second-order valence-electron chi connectivity index (χ2n) is 8.32. The topological polar surface area (TPSA) is 122 Å². The molecule has 0 aliphatic rings. The van der Waals surface area contributed by atoms with E-state index in [1.165, 1.54) is 0 Å². The Hall–Kier alpha value is -1.71. The Labute approximate surface area is 187 Å². The Morgan fingerprint density at radius 3 is 1.65 bits per heavy atom. The Morgan fingerprint density at radius 2 is 1.23 bits per heavy atom. The maximum Gasteiger partial charge on any atom is 0.320 e. The zero-order valence-corrected chi connectivity index (χ0v) is 19.8. The van der Waals surface area contributed by atoms with Crippen molar-refractivity contribution in [2.24, 2.45) is 5.92 Å². The molecule has 0 radical (unpaired) electrons. The van der Waals surface area contributed by atoms with E-state index in [1.807, 2.05) is 23.6 Å². The molecule has 0 aromatic rings. The molecule has 0 bridgehead atoms. The Kier molecular flexibility index (Phi) is 16.0. The van der Waals surface area contributed by atoms with Crippen LogP contribution < -0.4 is 0 Å². The first kappa shape index (κ1) is 29.3. The minimum absolute atomic E-state index is 0.0725. The van der Waals surface area contributed by atoms with Crippen molar-refractivity contribution in [2.75, 3.05) is 52.4 Å². The normalized spacial score (nSPS) is 13.6. The van der Waals surface area contributed by atoms with Crippen molar-refractivity contribution in [1.29, 1.82) is 0 Å². The van der Waals surface area contributed by atoms with Gasteiger partial charge in [0.25, 0.3) is 0 Å². The molecule has 0 rings (SSSR count). The number of nitrogens with zero attached hydrogens (tertiary/aromatic N) is 3. The summed E-state index contributed by atoms with van der Waals surface area (Å²) in [6.45, 7) is 11.0. The van der Waals surface area contributed by atoms with Crippen molar-refractivity contribution in [3.63, 3.8) is 0 Å². The molecule has 2 unspecified atom stereocenters. The number of carbonyl (C=O) groups is 3. The lowest BCUT2D eigenvalue weighted by atomic mass is 10.1. The molecule has 0 aromatic carbocycles. The third-order valence-electron chi connectivity index (χ3n) is 5.59. The second kappa shape index (κ2) is 16.9. The van der Waals surface area contributed by atoms with E-state index < -0.39 is 23.9 Å². The van der Waals surface area contributed by atoms with Crippen molar-refractivity contribution in [1.82, 2.24) is 14.7 Å². The first-order chi connectivity index (χ1) is 14.6. The third kappa shape index (κ3) is 14.1. The van der Waals surface area contributed by atoms with Gasteiger partial charge in [0, 0.05) is 26.2 Å². The van der Waals surface area contributed by atoms with Crippen LogP contribution in [0.3, 0.4) is 0 Å². The lowest BCUT2D eigenvalue weighted by molar-refractivity contribution is -0.144. The van der Waals surface area contributed by atoms with Crippen LogP contribution in [0.1, 0.15) is 59.8 Å². The van der Waals surface area contributed by atoms with E-state index >= 15 is 0 Å². The number of rotatable bonds is 20. The van der Waals surface area contributed by atoms with Gasteiger partial charge in [-0.3, -0.25) is 29.1 Å². The molecule has 0 aromatic heterocycles. The van der Waals surface area contributed by atoms with Gasteiger partial charge in [0.05, 0.1) is 13.1 Å². The monoisotopic (exact) mass is 445 g/mol. The molecule has 31 heavy (non-hydrogen) atoms. The predicted octanol–water partition coefficient (Wildman–Crippen LogP) is 2.16. The van der Waals surface area contributed by atoms with E-state index in [4.69, 9.17) is 0 Å². The summed E-state index contributed by atoms with van der Waals surface area (Å²) in [5, 5.41) is 28.1. The number of carboxylic acids is 3. The SMILES string of the molecule is CCCC(C(=O)O)N(CCC)CCN(CCN(CCC(C)CC)CC(=O)O)CC(=O)O. The summed E-state index contributed by atoms with van der Waals surface area (Å²) >= 11 is 0. The smallest absolute Gasteiger partial charge is 0.320 e. The highest BCUT2D eigenvalue weighted by atomic mass is 16.4. The Balaban J connectivity index is 5.05. The molecule has 0 aliphatic heterocycles. The van der Waals surface area contributed by atoms with Crippen LogP contribution in [0.5, 0.6) is 0 Å². The Bertz CT molecular complexity index is 531. The van der Waals surface area contributed by atoms with Gasteiger partial charge in [0.15, 0.2) is 0 Å². The fourth-order valence-electron chi connectivity index (χ4n) is 3.53. The number of aliphatic carboxylic acids is 3. The summed E-state index contributed by atoms with van der Waals surface area (Å²) in [5.41, 5.74) is 0. The van der Waals surface area contributed by atoms with Gasteiger partial charge in [-0.2, -0.15) is 0 Å². The molecule has 0 heterocycles. The van der Waals surface area contributed by atoms with Crippen LogP contribution in [-0.4, -0.2) is 106 Å². The van der Waals surface area contributed by atoms with Gasteiger partial charge in [-0.1, -0.05) is 40.5 Å². The molecule has 2 atom stereocenters. The van der Waals surface area contributed by atoms with Crippen LogP contribution in [0.4, 0.5) is 0 Å². The van der Waals surface area contributed by atoms with Crippen molar-refractivity contribution >= 4 is 17.9 Å². The maximum absolute atomic E-state index is 11.7. The van der Waals surface area contributed by atoms with Crippen molar-refractivity contribution < 1.29 is 29.7 Å². The molecule has 0 saturated carbocycles. The molecule has 0 aliphatic carbocycles. The summed E-state index contributed by atoms with van der Waals surface area (Å²) in [6.07, 6.45) is 4.05. The van der Waals surface area contributed by atoms with Crippen LogP contribution in [0.15, 0.2) is 0 Å². The molecule has 0 saturated heterocycles. The first-order valence-electron chi connectivity index (χ1n) is 11.5. The number of carboxylic acid groups (broad SMARTS) is 3. The minimum atomic E-state index is -0.949. The van der Waals surface area contributed by atoms with Crippen LogP contribution >= 0.6 is 0 Å². The molecule has 3 N–H and O–H groups in total. The quantitative estimate of drug-likeness (QED) is 0.259. The van der Waals surface area contributed by atoms with Crippen LogP contribution in [0, 0.1) is 5.92 Å². The average Bonchev–Trinajstić information content (AvgIpc) is 2.69. The van der Waals surface area contributed by atoms with Crippen molar-refractivity contribution in [3.05, 3.63) is 0 Å². The van der Waals surface area contributed by atoms with Gasteiger partial charge in [0.1, 0.15) is 6.04 Å². The molecular weight excluding hydrogens is 402 g/mol. The summed E-state index contributed by atoms with van der Waals surface area (Å²) in [6, 6.07) is -0.573. The predicted molar refractivity (Wildman–Crippen MR) is 120 cm³/mol.